The highest BCUT2D eigenvalue weighted by atomic mass is 16.5. The lowest BCUT2D eigenvalue weighted by molar-refractivity contribution is 0.0663. The van der Waals surface area contributed by atoms with Gasteiger partial charge >= 0.3 is 5.97 Å². The van der Waals surface area contributed by atoms with Gasteiger partial charge in [-0.25, -0.2) is 9.78 Å². The molecule has 18 heavy (non-hydrogen) atoms. The van der Waals surface area contributed by atoms with Crippen LogP contribution < -0.4 is 9.47 Å². The number of carbonyl (C=O) groups is 1. The van der Waals surface area contributed by atoms with Crippen LogP contribution >= 0.6 is 0 Å². The minimum Gasteiger partial charge on any atom is -0.497 e. The summed E-state index contributed by atoms with van der Waals surface area (Å²) in [4.78, 5) is 14.9. The van der Waals surface area contributed by atoms with Crippen molar-refractivity contribution in [2.45, 2.75) is 0 Å². The highest BCUT2D eigenvalue weighted by Crippen LogP contribution is 2.34. The predicted molar refractivity (Wildman–Crippen MR) is 62.0 cm³/mol. The third-order valence-electron chi connectivity index (χ3n) is 2.43. The van der Waals surface area contributed by atoms with Gasteiger partial charge in [-0.3, -0.25) is 0 Å². The summed E-state index contributed by atoms with van der Waals surface area (Å²) >= 11 is 0. The van der Waals surface area contributed by atoms with E-state index in [0.717, 1.165) is 6.39 Å². The molecule has 0 saturated carbocycles. The monoisotopic (exact) mass is 249 g/mol. The number of benzene rings is 1. The lowest BCUT2D eigenvalue weighted by Crippen LogP contribution is -1.98. The largest absolute Gasteiger partial charge is 0.497 e. The zero-order valence-corrected chi connectivity index (χ0v) is 9.84. The van der Waals surface area contributed by atoms with E-state index in [1.165, 1.54) is 14.2 Å². The fourth-order valence-electron chi connectivity index (χ4n) is 1.58. The van der Waals surface area contributed by atoms with Crippen LogP contribution in [0.25, 0.3) is 11.3 Å². The Balaban J connectivity index is 2.56. The fourth-order valence-corrected chi connectivity index (χ4v) is 1.58. The first-order valence-electron chi connectivity index (χ1n) is 5.06. The Labute approximate surface area is 103 Å². The Morgan fingerprint density at radius 2 is 2.11 bits per heavy atom. The van der Waals surface area contributed by atoms with Gasteiger partial charge in [-0.05, 0) is 12.1 Å². The molecular formula is C12H11NO5. The van der Waals surface area contributed by atoms with E-state index < -0.39 is 5.97 Å². The van der Waals surface area contributed by atoms with Gasteiger partial charge in [0.15, 0.2) is 6.39 Å². The van der Waals surface area contributed by atoms with Gasteiger partial charge in [0.25, 0.3) is 0 Å². The Bertz CT molecular complexity index is 576. The normalized spacial score (nSPS) is 10.1. The van der Waals surface area contributed by atoms with Crippen molar-refractivity contribution in [2.24, 2.45) is 0 Å². The zero-order chi connectivity index (χ0) is 13.1. The van der Waals surface area contributed by atoms with Crippen LogP contribution in [0.4, 0.5) is 0 Å². The van der Waals surface area contributed by atoms with Crippen molar-refractivity contribution in [3.63, 3.8) is 0 Å². The number of nitrogens with zero attached hydrogens (tertiary/aromatic N) is 1. The number of methoxy groups -OCH3 is 2. The van der Waals surface area contributed by atoms with Gasteiger partial charge in [0.1, 0.15) is 17.2 Å². The summed E-state index contributed by atoms with van der Waals surface area (Å²) in [6, 6.07) is 5.01. The summed E-state index contributed by atoms with van der Waals surface area (Å²) in [6.45, 7) is 0. The summed E-state index contributed by atoms with van der Waals surface area (Å²) in [5.41, 5.74) is 0.756. The van der Waals surface area contributed by atoms with Crippen molar-refractivity contribution in [1.29, 1.82) is 0 Å². The number of ether oxygens (including phenoxy) is 2. The van der Waals surface area contributed by atoms with Crippen LogP contribution in [0, 0.1) is 0 Å². The van der Waals surface area contributed by atoms with E-state index in [-0.39, 0.29) is 11.5 Å². The molecular weight excluding hydrogens is 238 g/mol. The third kappa shape index (κ3) is 2.00. The molecule has 0 aliphatic rings. The second-order valence-electron chi connectivity index (χ2n) is 3.40. The lowest BCUT2D eigenvalue weighted by atomic mass is 10.1. The molecule has 94 valence electrons. The number of aromatic carboxylic acids is 1. The van der Waals surface area contributed by atoms with Crippen molar-refractivity contribution < 1.29 is 23.8 Å². The Morgan fingerprint density at radius 1 is 1.33 bits per heavy atom. The molecule has 2 rings (SSSR count). The lowest BCUT2D eigenvalue weighted by Gasteiger charge is -2.08. The number of hydrogen-bond donors (Lipinski definition) is 1. The molecule has 0 aliphatic heterocycles. The minimum absolute atomic E-state index is 0.224. The molecule has 1 N–H and O–H groups in total. The molecule has 0 bridgehead atoms. The van der Waals surface area contributed by atoms with Crippen molar-refractivity contribution >= 4 is 5.97 Å². The number of oxazole rings is 1. The Kier molecular flexibility index (Phi) is 3.18. The molecule has 0 atom stereocenters. The molecule has 0 unspecified atom stereocenters. The first-order chi connectivity index (χ1) is 8.67. The second-order valence-corrected chi connectivity index (χ2v) is 3.40. The molecule has 0 fully saturated rings. The molecule has 0 spiro atoms. The van der Waals surface area contributed by atoms with Crippen LogP contribution in [-0.2, 0) is 0 Å². The zero-order valence-electron chi connectivity index (χ0n) is 9.84. The van der Waals surface area contributed by atoms with Gasteiger partial charge in [-0.1, -0.05) is 0 Å². The van der Waals surface area contributed by atoms with Crippen LogP contribution in [-0.4, -0.2) is 30.3 Å². The summed E-state index contributed by atoms with van der Waals surface area (Å²) in [5.74, 6) is -0.333. The number of carboxylic acids is 1. The first-order valence-corrected chi connectivity index (χ1v) is 5.06. The fraction of sp³-hybridized carbons (Fsp3) is 0.167. The smallest absolute Gasteiger partial charge is 0.374 e. The van der Waals surface area contributed by atoms with Crippen molar-refractivity contribution in [1.82, 2.24) is 4.98 Å². The first kappa shape index (κ1) is 12.0. The number of hydrogen-bond acceptors (Lipinski definition) is 5. The molecule has 0 saturated heterocycles. The highest BCUT2D eigenvalue weighted by Gasteiger charge is 2.20. The maximum atomic E-state index is 11.0. The van der Waals surface area contributed by atoms with Crippen molar-refractivity contribution in [3.8, 4) is 22.8 Å². The minimum atomic E-state index is -1.18. The molecule has 2 aromatic rings. The van der Waals surface area contributed by atoms with Crippen LogP contribution in [0.15, 0.2) is 29.0 Å². The maximum Gasteiger partial charge on any atom is 0.374 e. The Hall–Kier alpha value is -2.50. The topological polar surface area (TPSA) is 81.8 Å². The molecule has 0 radical (unpaired) electrons. The summed E-state index contributed by atoms with van der Waals surface area (Å²) in [5, 5.41) is 8.98. The summed E-state index contributed by atoms with van der Waals surface area (Å²) in [7, 11) is 3.02. The van der Waals surface area contributed by atoms with Crippen LogP contribution in [0.3, 0.4) is 0 Å². The SMILES string of the molecule is COc1ccc(-c2ncoc2C(=O)O)c(OC)c1. The van der Waals surface area contributed by atoms with Gasteiger partial charge in [0.05, 0.1) is 14.2 Å². The number of aromatic nitrogens is 1. The maximum absolute atomic E-state index is 11.0. The van der Waals surface area contributed by atoms with E-state index in [1.807, 2.05) is 0 Å². The molecule has 6 heteroatoms. The highest BCUT2D eigenvalue weighted by molar-refractivity contribution is 5.92. The average Bonchev–Trinajstić information content (AvgIpc) is 2.87. The molecule has 0 amide bonds. The molecule has 6 nitrogen and oxygen atoms in total. The summed E-state index contributed by atoms with van der Waals surface area (Å²) in [6.07, 6.45) is 1.09. The van der Waals surface area contributed by atoms with Crippen LogP contribution in [0.5, 0.6) is 11.5 Å². The number of rotatable bonds is 4. The molecule has 1 heterocycles. The quantitative estimate of drug-likeness (QED) is 0.893. The molecule has 1 aromatic heterocycles. The van der Waals surface area contributed by atoms with Crippen LogP contribution in [0.1, 0.15) is 10.6 Å². The Morgan fingerprint density at radius 3 is 2.72 bits per heavy atom. The average molecular weight is 249 g/mol. The van der Waals surface area contributed by atoms with Gasteiger partial charge < -0.3 is 19.0 Å². The van der Waals surface area contributed by atoms with E-state index >= 15 is 0 Å². The van der Waals surface area contributed by atoms with E-state index in [9.17, 15) is 4.79 Å². The van der Waals surface area contributed by atoms with Crippen molar-refractivity contribution in [3.05, 3.63) is 30.4 Å². The van der Waals surface area contributed by atoms with Gasteiger partial charge in [-0.15, -0.1) is 0 Å². The van der Waals surface area contributed by atoms with E-state index in [0.29, 0.717) is 17.1 Å². The predicted octanol–water partition coefficient (Wildman–Crippen LogP) is 2.06. The van der Waals surface area contributed by atoms with Gasteiger partial charge in [0.2, 0.25) is 5.76 Å². The van der Waals surface area contributed by atoms with Crippen LogP contribution in [0.2, 0.25) is 0 Å². The second kappa shape index (κ2) is 4.79. The van der Waals surface area contributed by atoms with E-state index in [1.54, 1.807) is 18.2 Å². The standard InChI is InChI=1S/C12H11NO5/c1-16-7-3-4-8(9(5-7)17-2)10-11(12(14)15)18-6-13-10/h3-6H,1-2H3,(H,14,15). The van der Waals surface area contributed by atoms with Gasteiger partial charge in [0, 0.05) is 11.6 Å². The summed E-state index contributed by atoms with van der Waals surface area (Å²) < 4.78 is 15.1. The van der Waals surface area contributed by atoms with Gasteiger partial charge in [-0.2, -0.15) is 0 Å². The van der Waals surface area contributed by atoms with E-state index in [2.05, 4.69) is 4.98 Å². The number of carboxylic acid groups (broad SMARTS) is 1. The van der Waals surface area contributed by atoms with Crippen molar-refractivity contribution in [2.75, 3.05) is 14.2 Å². The molecule has 1 aromatic carbocycles. The molecule has 0 aliphatic carbocycles. The van der Waals surface area contributed by atoms with E-state index in [4.69, 9.17) is 19.0 Å². The third-order valence-corrected chi connectivity index (χ3v) is 2.43.